The van der Waals surface area contributed by atoms with Gasteiger partial charge in [0.05, 0.1) is 0 Å². The summed E-state index contributed by atoms with van der Waals surface area (Å²) in [6.45, 7) is 5.49. The summed E-state index contributed by atoms with van der Waals surface area (Å²) in [5, 5.41) is 13.6. The minimum absolute atomic E-state index is 0.0875. The fourth-order valence-corrected chi connectivity index (χ4v) is 0.877. The minimum atomic E-state index is -0.0875. The van der Waals surface area contributed by atoms with E-state index in [2.05, 4.69) is 27.3 Å². The van der Waals surface area contributed by atoms with E-state index in [0.717, 1.165) is 12.8 Å². The van der Waals surface area contributed by atoms with Crippen molar-refractivity contribution in [3.8, 4) is 0 Å². The Morgan fingerprint density at radius 2 is 2.50 bits per heavy atom. The van der Waals surface area contributed by atoms with Crippen molar-refractivity contribution in [1.29, 1.82) is 0 Å². The van der Waals surface area contributed by atoms with Crippen LogP contribution >= 0.6 is 0 Å². The van der Waals surface area contributed by atoms with E-state index in [1.54, 1.807) is 0 Å². The number of carbonyl (C=O) groups is 1. The molecule has 0 atom stereocenters. The summed E-state index contributed by atoms with van der Waals surface area (Å²) in [5.74, 6) is 0.126. The van der Waals surface area contributed by atoms with E-state index < -0.39 is 0 Å². The van der Waals surface area contributed by atoms with Gasteiger partial charge < -0.3 is 0 Å². The third-order valence-corrected chi connectivity index (χ3v) is 1.60. The van der Waals surface area contributed by atoms with Crippen molar-refractivity contribution in [2.45, 2.75) is 26.2 Å². The topological polar surface area (TPSA) is 72.7 Å². The highest BCUT2D eigenvalue weighted by Gasteiger charge is 2.05. The van der Waals surface area contributed by atoms with Crippen molar-refractivity contribution in [3.05, 3.63) is 6.58 Å². The van der Waals surface area contributed by atoms with E-state index in [9.17, 15) is 4.79 Å². The molecule has 1 N–H and O–H groups in total. The van der Waals surface area contributed by atoms with Gasteiger partial charge >= 0.3 is 0 Å². The highest BCUT2D eigenvalue weighted by Crippen LogP contribution is 1.99. The maximum Gasteiger partial charge on any atom is 0.270 e. The summed E-state index contributed by atoms with van der Waals surface area (Å²) in [6.07, 6.45) is 3.73. The molecule has 1 rings (SSSR count). The SMILES string of the molecule is C=Cn1nnc(NC(=O)CCCC)n1. The molecule has 1 aromatic rings. The highest BCUT2D eigenvalue weighted by atomic mass is 16.1. The van der Waals surface area contributed by atoms with Crippen LogP contribution in [0.15, 0.2) is 6.58 Å². The first-order chi connectivity index (χ1) is 6.76. The second-order valence-electron chi connectivity index (χ2n) is 2.77. The largest absolute Gasteiger partial charge is 0.292 e. The maximum absolute atomic E-state index is 11.2. The van der Waals surface area contributed by atoms with E-state index >= 15 is 0 Å². The van der Waals surface area contributed by atoms with E-state index in [4.69, 9.17) is 0 Å². The van der Waals surface area contributed by atoms with Gasteiger partial charge in [0, 0.05) is 12.6 Å². The number of hydrogen-bond donors (Lipinski definition) is 1. The number of hydrogen-bond acceptors (Lipinski definition) is 4. The molecule has 14 heavy (non-hydrogen) atoms. The van der Waals surface area contributed by atoms with Gasteiger partial charge in [0.25, 0.3) is 5.95 Å². The van der Waals surface area contributed by atoms with Crippen molar-refractivity contribution >= 4 is 18.1 Å². The Labute approximate surface area is 82.0 Å². The molecule has 0 radical (unpaired) electrons. The summed E-state index contributed by atoms with van der Waals surface area (Å²) in [5.41, 5.74) is 0. The van der Waals surface area contributed by atoms with Gasteiger partial charge in [-0.2, -0.15) is 0 Å². The lowest BCUT2D eigenvalue weighted by molar-refractivity contribution is -0.116. The van der Waals surface area contributed by atoms with Gasteiger partial charge in [0.1, 0.15) is 0 Å². The standard InChI is InChI=1S/C8H13N5O/c1-3-5-6-7(14)9-8-10-12-13(4-2)11-8/h4H,2-3,5-6H2,1H3,(H,9,11,14). The molecule has 76 valence electrons. The minimum Gasteiger partial charge on any atom is -0.292 e. The molecule has 6 heteroatoms. The van der Waals surface area contributed by atoms with Crippen LogP contribution in [0.1, 0.15) is 26.2 Å². The van der Waals surface area contributed by atoms with E-state index in [0.29, 0.717) is 6.42 Å². The zero-order valence-electron chi connectivity index (χ0n) is 8.10. The quantitative estimate of drug-likeness (QED) is 0.757. The number of nitrogens with zero attached hydrogens (tertiary/aromatic N) is 4. The lowest BCUT2D eigenvalue weighted by atomic mass is 10.2. The Balaban J connectivity index is 2.43. The Hall–Kier alpha value is -1.72. The first-order valence-electron chi connectivity index (χ1n) is 4.48. The van der Waals surface area contributed by atoms with Gasteiger partial charge in [-0.15, -0.1) is 9.90 Å². The molecule has 1 heterocycles. The normalized spacial score (nSPS) is 9.79. The van der Waals surface area contributed by atoms with Crippen LogP contribution in [0.3, 0.4) is 0 Å². The second kappa shape index (κ2) is 5.11. The van der Waals surface area contributed by atoms with Gasteiger partial charge in [0.2, 0.25) is 5.91 Å². The van der Waals surface area contributed by atoms with Crippen molar-refractivity contribution in [3.63, 3.8) is 0 Å². The highest BCUT2D eigenvalue weighted by molar-refractivity contribution is 5.88. The first-order valence-corrected chi connectivity index (χ1v) is 4.48. The Bertz CT molecular complexity index is 319. The van der Waals surface area contributed by atoms with Gasteiger partial charge in [0.15, 0.2) is 0 Å². The van der Waals surface area contributed by atoms with Gasteiger partial charge in [-0.25, -0.2) is 0 Å². The summed E-state index contributed by atoms with van der Waals surface area (Å²) >= 11 is 0. The van der Waals surface area contributed by atoms with Gasteiger partial charge in [-0.05, 0) is 11.6 Å². The molecule has 0 unspecified atom stereocenters. The first kappa shape index (κ1) is 10.4. The average molecular weight is 195 g/mol. The summed E-state index contributed by atoms with van der Waals surface area (Å²) in [4.78, 5) is 12.4. The fraction of sp³-hybridized carbons (Fsp3) is 0.500. The summed E-state index contributed by atoms with van der Waals surface area (Å²) in [6, 6.07) is 0. The molecule has 0 aromatic carbocycles. The van der Waals surface area contributed by atoms with Crippen molar-refractivity contribution in [2.24, 2.45) is 0 Å². The molecule has 0 saturated heterocycles. The third-order valence-electron chi connectivity index (χ3n) is 1.60. The molecule has 0 spiro atoms. The Morgan fingerprint density at radius 3 is 3.07 bits per heavy atom. The number of aromatic nitrogens is 4. The lowest BCUT2D eigenvalue weighted by Crippen LogP contribution is -2.12. The predicted octanol–water partition coefficient (Wildman–Crippen LogP) is 0.902. The van der Waals surface area contributed by atoms with Crippen LogP contribution in [-0.2, 0) is 4.79 Å². The molecular formula is C8H13N5O. The summed E-state index contributed by atoms with van der Waals surface area (Å²) in [7, 11) is 0. The molecular weight excluding hydrogens is 182 g/mol. The summed E-state index contributed by atoms with van der Waals surface area (Å²) < 4.78 is 0. The van der Waals surface area contributed by atoms with Crippen molar-refractivity contribution in [1.82, 2.24) is 20.2 Å². The fourth-order valence-electron chi connectivity index (χ4n) is 0.877. The van der Waals surface area contributed by atoms with Crippen LogP contribution in [0.5, 0.6) is 0 Å². The molecule has 0 saturated carbocycles. The monoisotopic (exact) mass is 195 g/mol. The Morgan fingerprint density at radius 1 is 1.71 bits per heavy atom. The van der Waals surface area contributed by atoms with Crippen molar-refractivity contribution < 1.29 is 4.79 Å². The van der Waals surface area contributed by atoms with Gasteiger partial charge in [-0.3, -0.25) is 10.1 Å². The van der Waals surface area contributed by atoms with Crippen LogP contribution in [-0.4, -0.2) is 26.1 Å². The van der Waals surface area contributed by atoms with Crippen LogP contribution in [0, 0.1) is 0 Å². The maximum atomic E-state index is 11.2. The number of amides is 1. The molecule has 0 aliphatic heterocycles. The van der Waals surface area contributed by atoms with E-state index in [1.807, 2.05) is 6.92 Å². The smallest absolute Gasteiger partial charge is 0.270 e. The lowest BCUT2D eigenvalue weighted by Gasteiger charge is -1.97. The number of rotatable bonds is 5. The van der Waals surface area contributed by atoms with E-state index in [-0.39, 0.29) is 11.9 Å². The van der Waals surface area contributed by atoms with Crippen LogP contribution in [0.4, 0.5) is 5.95 Å². The number of nitrogens with one attached hydrogen (secondary N) is 1. The Kier molecular flexibility index (Phi) is 3.78. The number of carbonyl (C=O) groups excluding carboxylic acids is 1. The number of anilines is 1. The molecule has 1 amide bonds. The number of tetrazole rings is 1. The van der Waals surface area contributed by atoms with Gasteiger partial charge in [-0.1, -0.05) is 25.0 Å². The zero-order chi connectivity index (χ0) is 10.4. The van der Waals surface area contributed by atoms with E-state index in [1.165, 1.54) is 11.0 Å². The second-order valence-corrected chi connectivity index (χ2v) is 2.77. The third kappa shape index (κ3) is 2.96. The predicted molar refractivity (Wildman–Crippen MR) is 52.4 cm³/mol. The molecule has 0 fully saturated rings. The van der Waals surface area contributed by atoms with Crippen LogP contribution in [0.25, 0.3) is 6.20 Å². The number of unbranched alkanes of at least 4 members (excludes halogenated alkanes) is 1. The molecule has 0 aliphatic rings. The molecule has 0 bridgehead atoms. The average Bonchev–Trinajstić information content (AvgIpc) is 2.62. The molecule has 1 aromatic heterocycles. The van der Waals surface area contributed by atoms with Crippen molar-refractivity contribution in [2.75, 3.05) is 5.32 Å². The molecule has 0 aliphatic carbocycles. The molecule has 6 nitrogen and oxygen atoms in total. The van der Waals surface area contributed by atoms with Crippen LogP contribution < -0.4 is 5.32 Å². The van der Waals surface area contributed by atoms with Crippen LogP contribution in [0.2, 0.25) is 0 Å². The zero-order valence-corrected chi connectivity index (χ0v) is 8.10.